The van der Waals surface area contributed by atoms with Crippen molar-refractivity contribution in [3.63, 3.8) is 0 Å². The predicted octanol–water partition coefficient (Wildman–Crippen LogP) is 2.33. The minimum absolute atomic E-state index is 0.534. The third-order valence-electron chi connectivity index (χ3n) is 3.00. The monoisotopic (exact) mass is 208 g/mol. The number of nitrogens with zero attached hydrogens (tertiary/aromatic N) is 2. The zero-order valence-corrected chi connectivity index (χ0v) is 8.95. The lowest BCUT2D eigenvalue weighted by Crippen LogP contribution is -2.19. The van der Waals surface area contributed by atoms with E-state index in [1.807, 2.05) is 6.21 Å². The van der Waals surface area contributed by atoms with Crippen LogP contribution < -0.4 is 0 Å². The smallest absolute Gasteiger partial charge is 0.119 e. The molecule has 1 saturated heterocycles. The Labute approximate surface area is 90.2 Å². The van der Waals surface area contributed by atoms with Gasteiger partial charge in [0.05, 0.1) is 6.54 Å². The Kier molecular flexibility index (Phi) is 3.19. The van der Waals surface area contributed by atoms with Crippen molar-refractivity contribution in [2.75, 3.05) is 19.6 Å². The van der Waals surface area contributed by atoms with Crippen molar-refractivity contribution in [1.29, 1.82) is 0 Å². The third-order valence-corrected chi connectivity index (χ3v) is 3.00. The minimum Gasteiger partial charge on any atom is -0.372 e. The zero-order chi connectivity index (χ0) is 10.7. The van der Waals surface area contributed by atoms with Crippen molar-refractivity contribution in [3.8, 4) is 0 Å². The van der Waals surface area contributed by atoms with Crippen LogP contribution in [0, 0.1) is 0 Å². The number of halogens is 1. The lowest BCUT2D eigenvalue weighted by molar-refractivity contribution is 0.320. The van der Waals surface area contributed by atoms with Crippen molar-refractivity contribution in [2.45, 2.75) is 25.4 Å². The molecule has 2 aliphatic heterocycles. The second-order valence-electron chi connectivity index (χ2n) is 4.17. The van der Waals surface area contributed by atoms with Gasteiger partial charge in [0.15, 0.2) is 0 Å². The lowest BCUT2D eigenvalue weighted by atomic mass is 10.1. The van der Waals surface area contributed by atoms with Gasteiger partial charge in [-0.2, -0.15) is 0 Å². The van der Waals surface area contributed by atoms with E-state index in [0.29, 0.717) is 13.0 Å². The van der Waals surface area contributed by atoms with Crippen molar-refractivity contribution in [2.24, 2.45) is 4.99 Å². The highest BCUT2D eigenvalue weighted by molar-refractivity contribution is 5.80. The molecule has 15 heavy (non-hydrogen) atoms. The van der Waals surface area contributed by atoms with Gasteiger partial charge in [-0.3, -0.25) is 4.99 Å². The highest BCUT2D eigenvalue weighted by Gasteiger charge is 2.22. The highest BCUT2D eigenvalue weighted by Crippen LogP contribution is 2.21. The standard InChI is InChI=1S/C12H17FN2/c1-10(15-7-5-12(13)9-15)2-3-11-4-6-14-8-11/h4,8,12H,1-3,5-7,9H2. The van der Waals surface area contributed by atoms with Gasteiger partial charge in [0, 0.05) is 25.0 Å². The van der Waals surface area contributed by atoms with Crippen LogP contribution in [0.4, 0.5) is 4.39 Å². The first kappa shape index (κ1) is 10.4. The van der Waals surface area contributed by atoms with Crippen LogP contribution in [0.2, 0.25) is 0 Å². The van der Waals surface area contributed by atoms with Gasteiger partial charge in [-0.05, 0) is 24.8 Å². The van der Waals surface area contributed by atoms with Crippen molar-refractivity contribution < 1.29 is 4.39 Å². The molecule has 0 bridgehead atoms. The molecule has 0 aromatic carbocycles. The van der Waals surface area contributed by atoms with Crippen LogP contribution in [0.1, 0.15) is 19.3 Å². The van der Waals surface area contributed by atoms with Crippen LogP contribution in [0.25, 0.3) is 0 Å². The van der Waals surface area contributed by atoms with Gasteiger partial charge >= 0.3 is 0 Å². The molecule has 0 spiro atoms. The van der Waals surface area contributed by atoms with Gasteiger partial charge in [-0.25, -0.2) is 4.39 Å². The predicted molar refractivity (Wildman–Crippen MR) is 60.9 cm³/mol. The summed E-state index contributed by atoms with van der Waals surface area (Å²) >= 11 is 0. The van der Waals surface area contributed by atoms with Crippen molar-refractivity contribution in [1.82, 2.24) is 4.90 Å². The molecular formula is C12H17FN2. The number of hydrogen-bond donors (Lipinski definition) is 0. The maximum absolute atomic E-state index is 13.0. The topological polar surface area (TPSA) is 15.6 Å². The zero-order valence-electron chi connectivity index (χ0n) is 8.95. The largest absolute Gasteiger partial charge is 0.372 e. The first-order chi connectivity index (χ1) is 7.25. The number of likely N-dealkylation sites (tertiary alicyclic amines) is 1. The summed E-state index contributed by atoms with van der Waals surface area (Å²) in [7, 11) is 0. The summed E-state index contributed by atoms with van der Waals surface area (Å²) in [5.74, 6) is 0. The molecule has 0 amide bonds. The van der Waals surface area contributed by atoms with Crippen molar-refractivity contribution >= 4 is 6.21 Å². The summed E-state index contributed by atoms with van der Waals surface area (Å²) in [4.78, 5) is 6.20. The van der Waals surface area contributed by atoms with E-state index in [0.717, 1.165) is 31.6 Å². The minimum atomic E-state index is -0.658. The second kappa shape index (κ2) is 4.60. The van der Waals surface area contributed by atoms with E-state index < -0.39 is 6.17 Å². The molecule has 1 atom stereocenters. The fourth-order valence-corrected chi connectivity index (χ4v) is 2.01. The SMILES string of the molecule is C=C(CCC1=CCN=C1)N1CCC(F)C1. The van der Waals surface area contributed by atoms with Crippen LogP contribution in [0.15, 0.2) is 28.9 Å². The molecule has 2 aliphatic rings. The molecular weight excluding hydrogens is 191 g/mol. The van der Waals surface area contributed by atoms with Gasteiger partial charge in [-0.1, -0.05) is 12.7 Å². The number of rotatable bonds is 4. The number of aliphatic imine (C=N–C) groups is 1. The van der Waals surface area contributed by atoms with E-state index in [4.69, 9.17) is 0 Å². The van der Waals surface area contributed by atoms with Crippen LogP contribution >= 0.6 is 0 Å². The van der Waals surface area contributed by atoms with E-state index in [1.165, 1.54) is 5.57 Å². The normalized spacial score (nSPS) is 24.7. The fraction of sp³-hybridized carbons (Fsp3) is 0.583. The quantitative estimate of drug-likeness (QED) is 0.692. The molecule has 82 valence electrons. The molecule has 3 heteroatoms. The summed E-state index contributed by atoms with van der Waals surface area (Å²) in [6.07, 6.45) is 5.96. The molecule has 1 unspecified atom stereocenters. The van der Waals surface area contributed by atoms with E-state index >= 15 is 0 Å². The molecule has 2 rings (SSSR count). The molecule has 0 saturated carbocycles. The number of hydrogen-bond acceptors (Lipinski definition) is 2. The summed E-state index contributed by atoms with van der Waals surface area (Å²) in [6, 6.07) is 0. The van der Waals surface area contributed by atoms with Crippen LogP contribution in [0.3, 0.4) is 0 Å². The van der Waals surface area contributed by atoms with Crippen LogP contribution in [-0.2, 0) is 0 Å². The first-order valence-electron chi connectivity index (χ1n) is 5.51. The second-order valence-corrected chi connectivity index (χ2v) is 4.17. The molecule has 0 aliphatic carbocycles. The molecule has 1 fully saturated rings. The Morgan fingerprint density at radius 2 is 2.53 bits per heavy atom. The molecule has 0 radical (unpaired) electrons. The lowest BCUT2D eigenvalue weighted by Gasteiger charge is -2.20. The fourth-order valence-electron chi connectivity index (χ4n) is 2.01. The average molecular weight is 208 g/mol. The van der Waals surface area contributed by atoms with Gasteiger partial charge in [0.25, 0.3) is 0 Å². The van der Waals surface area contributed by atoms with Gasteiger partial charge in [0.1, 0.15) is 6.17 Å². The maximum Gasteiger partial charge on any atom is 0.119 e. The van der Waals surface area contributed by atoms with Crippen LogP contribution in [0.5, 0.6) is 0 Å². The Morgan fingerprint density at radius 3 is 3.13 bits per heavy atom. The Morgan fingerprint density at radius 1 is 1.67 bits per heavy atom. The van der Waals surface area contributed by atoms with E-state index in [9.17, 15) is 4.39 Å². The molecule has 2 nitrogen and oxygen atoms in total. The van der Waals surface area contributed by atoms with Crippen molar-refractivity contribution in [3.05, 3.63) is 23.9 Å². The molecule has 0 aromatic heterocycles. The van der Waals surface area contributed by atoms with Gasteiger partial charge in [0.2, 0.25) is 0 Å². The summed E-state index contributed by atoms with van der Waals surface area (Å²) in [5.41, 5.74) is 2.35. The van der Waals surface area contributed by atoms with Gasteiger partial charge in [-0.15, -0.1) is 0 Å². The van der Waals surface area contributed by atoms with Gasteiger partial charge < -0.3 is 4.90 Å². The molecule has 2 heterocycles. The Balaban J connectivity index is 1.75. The Hall–Kier alpha value is -1.12. The third kappa shape index (κ3) is 2.67. The number of allylic oxidation sites excluding steroid dienone is 2. The average Bonchev–Trinajstić information content (AvgIpc) is 2.84. The van der Waals surface area contributed by atoms with Crippen LogP contribution in [-0.4, -0.2) is 36.9 Å². The first-order valence-corrected chi connectivity index (χ1v) is 5.51. The summed E-state index contributed by atoms with van der Waals surface area (Å²) in [6.45, 7) is 6.20. The summed E-state index contributed by atoms with van der Waals surface area (Å²) < 4.78 is 13.0. The maximum atomic E-state index is 13.0. The van der Waals surface area contributed by atoms with E-state index in [2.05, 4.69) is 22.5 Å². The van der Waals surface area contributed by atoms with E-state index in [-0.39, 0.29) is 0 Å². The highest BCUT2D eigenvalue weighted by atomic mass is 19.1. The molecule has 0 aromatic rings. The number of alkyl halides is 1. The molecule has 0 N–H and O–H groups in total. The summed E-state index contributed by atoms with van der Waals surface area (Å²) in [5, 5.41) is 0. The Bertz CT molecular complexity index is 307. The van der Waals surface area contributed by atoms with E-state index in [1.54, 1.807) is 0 Å².